The fraction of sp³-hybridized carbons (Fsp3) is 0.455. The minimum Gasteiger partial charge on any atom is -0.497 e. The van der Waals surface area contributed by atoms with Crippen LogP contribution >= 0.6 is 11.3 Å². The summed E-state index contributed by atoms with van der Waals surface area (Å²) in [6.45, 7) is 3.23. The molecular formula is C22H26N2O4S. The van der Waals surface area contributed by atoms with Gasteiger partial charge in [-0.2, -0.15) is 0 Å². The lowest BCUT2D eigenvalue weighted by molar-refractivity contribution is -0.136. The van der Waals surface area contributed by atoms with Crippen LogP contribution in [0.5, 0.6) is 11.5 Å². The Bertz CT molecular complexity index is 925. The van der Waals surface area contributed by atoms with Crippen LogP contribution in [0.3, 0.4) is 0 Å². The van der Waals surface area contributed by atoms with E-state index in [0.29, 0.717) is 23.7 Å². The zero-order chi connectivity index (χ0) is 20.5. The predicted octanol–water partition coefficient (Wildman–Crippen LogP) is 3.79. The Morgan fingerprint density at radius 3 is 2.69 bits per heavy atom. The van der Waals surface area contributed by atoms with E-state index in [1.54, 1.807) is 42.6 Å². The van der Waals surface area contributed by atoms with Gasteiger partial charge < -0.3 is 19.3 Å². The van der Waals surface area contributed by atoms with Gasteiger partial charge in [0.05, 0.1) is 31.9 Å². The molecule has 2 aliphatic heterocycles. The molecule has 0 bridgehead atoms. The molecule has 29 heavy (non-hydrogen) atoms. The van der Waals surface area contributed by atoms with Crippen LogP contribution in [0.1, 0.15) is 35.1 Å². The summed E-state index contributed by atoms with van der Waals surface area (Å²) < 4.78 is 10.7. The summed E-state index contributed by atoms with van der Waals surface area (Å²) in [5.74, 6) is 0.947. The van der Waals surface area contributed by atoms with Crippen molar-refractivity contribution in [1.82, 2.24) is 4.90 Å². The van der Waals surface area contributed by atoms with Crippen molar-refractivity contribution in [3.63, 3.8) is 0 Å². The summed E-state index contributed by atoms with van der Waals surface area (Å²) in [5, 5.41) is 0. The first-order valence-corrected chi connectivity index (χ1v) is 10.7. The molecule has 1 aromatic heterocycles. The Morgan fingerprint density at radius 1 is 1.17 bits per heavy atom. The molecule has 7 heteroatoms. The number of ether oxygens (including phenoxy) is 2. The number of methoxy groups -OCH3 is 2. The number of anilines is 1. The topological polar surface area (TPSA) is 59.1 Å². The molecule has 6 nitrogen and oxygen atoms in total. The van der Waals surface area contributed by atoms with Crippen LogP contribution in [-0.2, 0) is 9.59 Å². The molecule has 2 aliphatic rings. The molecule has 0 aliphatic carbocycles. The van der Waals surface area contributed by atoms with Crippen molar-refractivity contribution in [3.05, 3.63) is 40.1 Å². The van der Waals surface area contributed by atoms with E-state index >= 15 is 0 Å². The number of carbonyl (C=O) groups excluding carboxylic acids is 2. The van der Waals surface area contributed by atoms with Crippen molar-refractivity contribution < 1.29 is 19.1 Å². The number of benzene rings is 1. The van der Waals surface area contributed by atoms with Gasteiger partial charge in [0.2, 0.25) is 11.8 Å². The third-order valence-corrected chi connectivity index (χ3v) is 6.88. The smallest absolute Gasteiger partial charge is 0.228 e. The molecule has 2 saturated heterocycles. The van der Waals surface area contributed by atoms with Crippen LogP contribution in [0.15, 0.2) is 30.3 Å². The average Bonchev–Trinajstić information content (AvgIpc) is 3.46. The normalized spacial score (nSPS) is 21.7. The molecule has 0 spiro atoms. The summed E-state index contributed by atoms with van der Waals surface area (Å²) in [6.07, 6.45) is 2.23. The maximum Gasteiger partial charge on any atom is 0.228 e. The van der Waals surface area contributed by atoms with Crippen molar-refractivity contribution in [1.29, 1.82) is 0 Å². The summed E-state index contributed by atoms with van der Waals surface area (Å²) in [6, 6.07) is 9.75. The molecule has 2 aromatic rings. The Labute approximate surface area is 175 Å². The molecule has 2 amide bonds. The molecule has 0 saturated carbocycles. The van der Waals surface area contributed by atoms with Crippen molar-refractivity contribution in [2.24, 2.45) is 5.92 Å². The molecular weight excluding hydrogens is 388 g/mol. The minimum absolute atomic E-state index is 0.0467. The van der Waals surface area contributed by atoms with Gasteiger partial charge in [0.25, 0.3) is 0 Å². The second kappa shape index (κ2) is 8.06. The maximum absolute atomic E-state index is 13.3. The molecule has 4 rings (SSSR count). The maximum atomic E-state index is 13.3. The van der Waals surface area contributed by atoms with Gasteiger partial charge in [-0.05, 0) is 44.0 Å². The van der Waals surface area contributed by atoms with Gasteiger partial charge >= 0.3 is 0 Å². The standard InChI is InChI=1S/C22H26N2O4S/c1-14-6-9-20(29-14)18-5-4-10-23(18)22(26)15-11-21(25)24(13-15)17-8-7-16(27-2)12-19(17)28-3/h6-9,12,15,18H,4-5,10-11,13H2,1-3H3. The van der Waals surface area contributed by atoms with E-state index in [0.717, 1.165) is 19.4 Å². The van der Waals surface area contributed by atoms with Crippen LogP contribution in [0.25, 0.3) is 0 Å². The Balaban J connectivity index is 1.52. The van der Waals surface area contributed by atoms with E-state index in [-0.39, 0.29) is 30.2 Å². The van der Waals surface area contributed by atoms with Gasteiger partial charge in [-0.15, -0.1) is 11.3 Å². The quantitative estimate of drug-likeness (QED) is 0.747. The van der Waals surface area contributed by atoms with Crippen LogP contribution in [0.4, 0.5) is 5.69 Å². The molecule has 154 valence electrons. The number of rotatable bonds is 5. The number of aryl methyl sites for hydroxylation is 1. The van der Waals surface area contributed by atoms with Gasteiger partial charge in [0.15, 0.2) is 0 Å². The van der Waals surface area contributed by atoms with Crippen molar-refractivity contribution in [2.45, 2.75) is 32.2 Å². The fourth-order valence-electron chi connectivity index (χ4n) is 4.31. The number of hydrogen-bond acceptors (Lipinski definition) is 5. The van der Waals surface area contributed by atoms with Crippen molar-refractivity contribution in [3.8, 4) is 11.5 Å². The monoisotopic (exact) mass is 414 g/mol. The number of hydrogen-bond donors (Lipinski definition) is 0. The zero-order valence-electron chi connectivity index (χ0n) is 17.0. The van der Waals surface area contributed by atoms with E-state index in [9.17, 15) is 9.59 Å². The van der Waals surface area contributed by atoms with Crippen LogP contribution in [0.2, 0.25) is 0 Å². The first kappa shape index (κ1) is 19.8. The predicted molar refractivity (Wildman–Crippen MR) is 113 cm³/mol. The number of carbonyl (C=O) groups is 2. The van der Waals surface area contributed by atoms with Crippen molar-refractivity contribution in [2.75, 3.05) is 32.2 Å². The molecule has 0 radical (unpaired) electrons. The number of likely N-dealkylation sites (tertiary alicyclic amines) is 1. The first-order valence-electron chi connectivity index (χ1n) is 9.91. The summed E-state index contributed by atoms with van der Waals surface area (Å²) in [4.78, 5) is 32.2. The van der Waals surface area contributed by atoms with E-state index in [4.69, 9.17) is 9.47 Å². The number of nitrogens with zero attached hydrogens (tertiary/aromatic N) is 2. The van der Waals surface area contributed by atoms with Gasteiger partial charge in [0.1, 0.15) is 11.5 Å². The van der Waals surface area contributed by atoms with Gasteiger partial charge in [-0.3, -0.25) is 9.59 Å². The molecule has 2 unspecified atom stereocenters. The number of thiophene rings is 1. The summed E-state index contributed by atoms with van der Waals surface area (Å²) in [5.41, 5.74) is 0.681. The second-order valence-electron chi connectivity index (χ2n) is 7.58. The van der Waals surface area contributed by atoms with Crippen LogP contribution < -0.4 is 14.4 Å². The van der Waals surface area contributed by atoms with Crippen LogP contribution in [0, 0.1) is 12.8 Å². The Hall–Kier alpha value is -2.54. The third kappa shape index (κ3) is 3.71. The highest BCUT2D eigenvalue weighted by molar-refractivity contribution is 7.12. The molecule has 0 N–H and O–H groups in total. The molecule has 2 atom stereocenters. The second-order valence-corrected chi connectivity index (χ2v) is 8.90. The van der Waals surface area contributed by atoms with Crippen molar-refractivity contribution >= 4 is 28.8 Å². The Morgan fingerprint density at radius 2 is 2.00 bits per heavy atom. The van der Waals surface area contributed by atoms with E-state index in [1.165, 1.54) is 9.75 Å². The summed E-state index contributed by atoms with van der Waals surface area (Å²) >= 11 is 1.76. The van der Waals surface area contributed by atoms with Crippen LogP contribution in [-0.4, -0.2) is 44.0 Å². The highest BCUT2D eigenvalue weighted by atomic mass is 32.1. The number of amides is 2. The van der Waals surface area contributed by atoms with Gasteiger partial charge in [-0.25, -0.2) is 0 Å². The molecule has 1 aromatic carbocycles. The lowest BCUT2D eigenvalue weighted by Gasteiger charge is -2.27. The first-order chi connectivity index (χ1) is 14.0. The minimum atomic E-state index is -0.323. The van der Waals surface area contributed by atoms with E-state index < -0.39 is 0 Å². The fourth-order valence-corrected chi connectivity index (χ4v) is 5.33. The molecule has 3 heterocycles. The lowest BCUT2D eigenvalue weighted by atomic mass is 10.1. The van der Waals surface area contributed by atoms with E-state index in [2.05, 4.69) is 19.1 Å². The largest absolute Gasteiger partial charge is 0.497 e. The van der Waals surface area contributed by atoms with E-state index in [1.807, 2.05) is 11.0 Å². The lowest BCUT2D eigenvalue weighted by Crippen LogP contribution is -2.37. The molecule has 2 fully saturated rings. The SMILES string of the molecule is COc1ccc(N2CC(C(=O)N3CCCC3c3ccc(C)s3)CC2=O)c(OC)c1. The highest BCUT2D eigenvalue weighted by Gasteiger charge is 2.41. The zero-order valence-corrected chi connectivity index (χ0v) is 17.8. The van der Waals surface area contributed by atoms with Gasteiger partial charge in [-0.1, -0.05) is 0 Å². The van der Waals surface area contributed by atoms with Gasteiger partial charge in [0, 0.05) is 35.3 Å². The highest BCUT2D eigenvalue weighted by Crippen LogP contribution is 2.40. The average molecular weight is 415 g/mol. The third-order valence-electron chi connectivity index (χ3n) is 5.78. The summed E-state index contributed by atoms with van der Waals surface area (Å²) in [7, 11) is 3.16. The Kier molecular flexibility index (Phi) is 5.50.